The lowest BCUT2D eigenvalue weighted by Gasteiger charge is -2.14. The molecule has 0 aliphatic rings. The molecule has 0 amide bonds. The highest BCUT2D eigenvalue weighted by atomic mass is 16.5. The first-order chi connectivity index (χ1) is 36.5. The average molecular weight is 997 g/mol. The van der Waals surface area contributed by atoms with Gasteiger partial charge in [0.05, 0.1) is 0 Å². The number of benzene rings is 6. The Morgan fingerprint density at radius 1 is 0.307 bits per heavy atom. The topological polar surface area (TPSA) is 133 Å². The first kappa shape index (κ1) is 53.4. The standard InChI is InChI=1S/C33H33N3O3.C30H27N3O3/c1-22(2)19-25-13-7-10-16-28(25)37-31-34-32(38-29-17-11-8-14-26(29)20-23(3)4)36-33(35-31)39-30-18-12-9-15-27(30)21-24(5)6;1-4-13-22-16-7-10-19-25(22)34-28-31-29(35-26-20-11-8-17-23(26)14-5-2)33-30(32-28)36-27-21-12-9-18-24(27)15-6-3/h7-18H,1,3,5,19-21H2,2,4,6H3;4-12,16-21H,1-3,13-15H2. The Labute approximate surface area is 439 Å². The number of ether oxygens (including phenoxy) is 6. The van der Waals surface area contributed by atoms with Gasteiger partial charge in [-0.05, 0) is 129 Å². The molecule has 6 aromatic carbocycles. The van der Waals surface area contributed by atoms with Gasteiger partial charge in [-0.2, -0.15) is 0 Å². The zero-order valence-corrected chi connectivity index (χ0v) is 42.7. The van der Waals surface area contributed by atoms with Gasteiger partial charge in [0.25, 0.3) is 0 Å². The maximum Gasteiger partial charge on any atom is 0.331 e. The second kappa shape index (κ2) is 26.9. The summed E-state index contributed by atoms with van der Waals surface area (Å²) in [4.78, 5) is 26.7. The minimum absolute atomic E-state index is 0.0499. The van der Waals surface area contributed by atoms with Crippen molar-refractivity contribution >= 4 is 0 Å². The summed E-state index contributed by atoms with van der Waals surface area (Å²) >= 11 is 0. The number of rotatable bonds is 24. The molecule has 2 aromatic heterocycles. The van der Waals surface area contributed by atoms with Gasteiger partial charge in [-0.3, -0.25) is 0 Å². The Morgan fingerprint density at radius 3 is 0.667 bits per heavy atom. The molecule has 0 saturated heterocycles. The Balaban J connectivity index is 0.000000219. The molecule has 12 nitrogen and oxygen atoms in total. The Hall–Kier alpha value is -9.42. The van der Waals surface area contributed by atoms with Gasteiger partial charge in [0.2, 0.25) is 0 Å². The van der Waals surface area contributed by atoms with Crippen molar-refractivity contribution in [1.29, 1.82) is 0 Å². The molecule has 0 aliphatic heterocycles. The second-order valence-corrected chi connectivity index (χ2v) is 17.5. The Kier molecular flexibility index (Phi) is 19.1. The van der Waals surface area contributed by atoms with Crippen LogP contribution in [-0.2, 0) is 38.5 Å². The van der Waals surface area contributed by atoms with Crippen molar-refractivity contribution in [2.24, 2.45) is 0 Å². The van der Waals surface area contributed by atoms with Gasteiger partial charge in [0, 0.05) is 0 Å². The van der Waals surface area contributed by atoms with Gasteiger partial charge in [-0.15, -0.1) is 49.6 Å². The number of nitrogens with zero attached hydrogens (tertiary/aromatic N) is 6. The van der Waals surface area contributed by atoms with Crippen LogP contribution in [0.15, 0.2) is 220 Å². The van der Waals surface area contributed by atoms with Crippen LogP contribution in [-0.4, -0.2) is 29.9 Å². The van der Waals surface area contributed by atoms with Gasteiger partial charge < -0.3 is 28.4 Å². The number of para-hydroxylation sites is 6. The zero-order chi connectivity index (χ0) is 52.9. The molecule has 2 heterocycles. The molecule has 0 unspecified atom stereocenters. The van der Waals surface area contributed by atoms with Crippen molar-refractivity contribution in [3.8, 4) is 70.6 Å². The third kappa shape index (κ3) is 16.0. The van der Waals surface area contributed by atoms with Crippen LogP contribution in [0.3, 0.4) is 0 Å². The van der Waals surface area contributed by atoms with Crippen LogP contribution < -0.4 is 28.4 Å². The van der Waals surface area contributed by atoms with E-state index in [0.717, 1.165) is 50.1 Å². The fourth-order valence-corrected chi connectivity index (χ4v) is 7.51. The first-order valence-corrected chi connectivity index (χ1v) is 24.3. The monoisotopic (exact) mass is 996 g/mol. The van der Waals surface area contributed by atoms with Crippen molar-refractivity contribution in [2.45, 2.75) is 59.3 Å². The summed E-state index contributed by atoms with van der Waals surface area (Å²) in [6.45, 7) is 29.5. The van der Waals surface area contributed by atoms with Crippen LogP contribution in [0.4, 0.5) is 0 Å². The minimum atomic E-state index is 0.0499. The molecule has 0 N–H and O–H groups in total. The highest BCUT2D eigenvalue weighted by Gasteiger charge is 2.19. The first-order valence-electron chi connectivity index (χ1n) is 24.3. The van der Waals surface area contributed by atoms with Gasteiger partial charge >= 0.3 is 36.1 Å². The van der Waals surface area contributed by atoms with E-state index in [2.05, 4.69) is 69.4 Å². The van der Waals surface area contributed by atoms with Crippen LogP contribution in [0.1, 0.15) is 54.2 Å². The quantitative estimate of drug-likeness (QED) is 0.0534. The highest BCUT2D eigenvalue weighted by Crippen LogP contribution is 2.34. The summed E-state index contributed by atoms with van der Waals surface area (Å²) in [6, 6.07) is 46.4. The molecule has 0 fully saturated rings. The average Bonchev–Trinajstić information content (AvgIpc) is 3.37. The number of hydrogen-bond donors (Lipinski definition) is 0. The predicted molar refractivity (Wildman–Crippen MR) is 296 cm³/mol. The molecule has 75 heavy (non-hydrogen) atoms. The summed E-state index contributed by atoms with van der Waals surface area (Å²) < 4.78 is 36.7. The number of hydrogen-bond acceptors (Lipinski definition) is 12. The van der Waals surface area contributed by atoms with E-state index in [0.29, 0.717) is 73.0 Å². The molecule has 8 aromatic rings. The van der Waals surface area contributed by atoms with E-state index >= 15 is 0 Å². The molecular weight excluding hydrogens is 937 g/mol. The smallest absolute Gasteiger partial charge is 0.331 e. The Morgan fingerprint density at radius 2 is 0.480 bits per heavy atom. The lowest BCUT2D eigenvalue weighted by atomic mass is 10.1. The molecule has 0 aliphatic carbocycles. The molecule has 0 radical (unpaired) electrons. The molecule has 0 spiro atoms. The van der Waals surface area contributed by atoms with E-state index in [4.69, 9.17) is 28.4 Å². The van der Waals surface area contributed by atoms with Crippen LogP contribution >= 0.6 is 0 Å². The summed E-state index contributed by atoms with van der Waals surface area (Å²) in [5, 5.41) is 0. The van der Waals surface area contributed by atoms with Crippen LogP contribution in [0.2, 0.25) is 0 Å². The van der Waals surface area contributed by atoms with E-state index in [1.165, 1.54) is 0 Å². The minimum Gasteiger partial charge on any atom is -0.424 e. The van der Waals surface area contributed by atoms with Crippen molar-refractivity contribution in [1.82, 2.24) is 29.9 Å². The van der Waals surface area contributed by atoms with Gasteiger partial charge in [0.15, 0.2) is 0 Å². The largest absolute Gasteiger partial charge is 0.424 e. The molecule has 12 heteroatoms. The van der Waals surface area contributed by atoms with E-state index in [1.807, 2.05) is 185 Å². The second-order valence-electron chi connectivity index (χ2n) is 17.5. The Bertz CT molecular complexity index is 2940. The summed E-state index contributed by atoms with van der Waals surface area (Å²) in [6.07, 6.45) is 9.33. The number of aromatic nitrogens is 6. The van der Waals surface area contributed by atoms with Crippen molar-refractivity contribution in [2.75, 3.05) is 0 Å². The zero-order valence-electron chi connectivity index (χ0n) is 42.7. The van der Waals surface area contributed by atoms with Crippen molar-refractivity contribution in [3.63, 3.8) is 0 Å². The third-order valence-electron chi connectivity index (χ3n) is 10.8. The van der Waals surface area contributed by atoms with Gasteiger partial charge in [-0.25, -0.2) is 0 Å². The molecule has 0 bridgehead atoms. The molecule has 0 saturated carbocycles. The molecule has 8 rings (SSSR count). The maximum atomic E-state index is 6.17. The summed E-state index contributed by atoms with van der Waals surface area (Å²) in [5.41, 5.74) is 8.78. The fraction of sp³-hybridized carbons (Fsp3) is 0.143. The molecular formula is C63H60N6O6. The van der Waals surface area contributed by atoms with E-state index in [1.54, 1.807) is 0 Å². The molecule has 0 atom stereocenters. The van der Waals surface area contributed by atoms with Crippen molar-refractivity contribution < 1.29 is 28.4 Å². The fourth-order valence-electron chi connectivity index (χ4n) is 7.51. The third-order valence-corrected chi connectivity index (χ3v) is 10.8. The predicted octanol–water partition coefficient (Wildman–Crippen LogP) is 16.0. The lowest BCUT2D eigenvalue weighted by molar-refractivity contribution is 0.358. The van der Waals surface area contributed by atoms with Gasteiger partial charge in [0.1, 0.15) is 34.5 Å². The maximum absolute atomic E-state index is 6.17. The lowest BCUT2D eigenvalue weighted by Crippen LogP contribution is -2.04. The highest BCUT2D eigenvalue weighted by molar-refractivity contribution is 5.43. The van der Waals surface area contributed by atoms with E-state index in [-0.39, 0.29) is 36.1 Å². The van der Waals surface area contributed by atoms with E-state index < -0.39 is 0 Å². The molecule has 378 valence electrons. The van der Waals surface area contributed by atoms with Crippen LogP contribution in [0.5, 0.6) is 70.6 Å². The van der Waals surface area contributed by atoms with Crippen molar-refractivity contribution in [3.05, 3.63) is 253 Å². The van der Waals surface area contributed by atoms with Crippen LogP contribution in [0.25, 0.3) is 0 Å². The number of allylic oxidation sites excluding steroid dienone is 6. The normalized spacial score (nSPS) is 10.4. The van der Waals surface area contributed by atoms with Gasteiger partial charge in [-0.1, -0.05) is 164 Å². The summed E-state index contributed by atoms with van der Waals surface area (Å²) in [5.74, 6) is 3.69. The SMILES string of the molecule is C=C(C)Cc1ccccc1Oc1nc(Oc2ccccc2CC(=C)C)nc(Oc2ccccc2CC(=C)C)n1.C=CCc1ccccc1Oc1nc(Oc2ccccc2CC=C)nc(Oc2ccccc2CC=C)n1. The van der Waals surface area contributed by atoms with Crippen LogP contribution in [0, 0.1) is 0 Å². The summed E-state index contributed by atoms with van der Waals surface area (Å²) in [7, 11) is 0. The van der Waals surface area contributed by atoms with E-state index in [9.17, 15) is 0 Å².